The largest absolute Gasteiger partial charge is 0.497 e. The van der Waals surface area contributed by atoms with Crippen molar-refractivity contribution in [1.29, 1.82) is 0 Å². The number of hydrogen-bond donors (Lipinski definition) is 2. The van der Waals surface area contributed by atoms with Crippen LogP contribution >= 0.6 is 0 Å². The van der Waals surface area contributed by atoms with E-state index in [1.54, 1.807) is 7.11 Å². The Morgan fingerprint density at radius 1 is 1.12 bits per heavy atom. The second-order valence-electron chi connectivity index (χ2n) is 6.20. The van der Waals surface area contributed by atoms with Gasteiger partial charge in [0.05, 0.1) is 19.1 Å². The molecule has 2 unspecified atom stereocenters. The van der Waals surface area contributed by atoms with Crippen LogP contribution in [0, 0.1) is 0 Å². The van der Waals surface area contributed by atoms with Gasteiger partial charge in [0, 0.05) is 13.1 Å². The maximum Gasteiger partial charge on any atom is 0.228 e. The van der Waals surface area contributed by atoms with Gasteiger partial charge in [-0.1, -0.05) is 42.5 Å². The number of nitrogens with zero attached hydrogens (tertiary/aromatic N) is 1. The summed E-state index contributed by atoms with van der Waals surface area (Å²) in [6.45, 7) is 0.782. The first-order valence-corrected chi connectivity index (χ1v) is 8.40. The molecule has 2 aromatic rings. The number of ether oxygens (including phenoxy) is 1. The Kier molecular flexibility index (Phi) is 6.98. The third-order valence-electron chi connectivity index (χ3n) is 4.33. The fourth-order valence-corrected chi connectivity index (χ4v) is 2.85. The highest BCUT2D eigenvalue weighted by Crippen LogP contribution is 2.22. The average Bonchev–Trinajstić information content (AvgIpc) is 2.63. The number of nitrogens with two attached hydrogens (primary N) is 1. The molecule has 2 aromatic carbocycles. The summed E-state index contributed by atoms with van der Waals surface area (Å²) in [5.41, 5.74) is 7.86. The molecule has 0 bridgehead atoms. The van der Waals surface area contributed by atoms with Crippen LogP contribution in [-0.2, 0) is 4.79 Å². The molecule has 0 radical (unpaired) electrons. The summed E-state index contributed by atoms with van der Waals surface area (Å²) in [5.74, 6) is 0.414. The lowest BCUT2D eigenvalue weighted by Gasteiger charge is -2.26. The van der Waals surface area contributed by atoms with E-state index in [0.717, 1.165) is 16.9 Å². The maximum atomic E-state index is 12.6. The molecule has 0 aliphatic rings. The summed E-state index contributed by atoms with van der Waals surface area (Å²) in [7, 11) is 5.64. The van der Waals surface area contributed by atoms with Crippen molar-refractivity contribution >= 4 is 5.91 Å². The molecular formula is C20H27N3O2. The van der Waals surface area contributed by atoms with Gasteiger partial charge in [-0.05, 0) is 37.4 Å². The predicted octanol–water partition coefficient (Wildman–Crippen LogP) is 2.16. The van der Waals surface area contributed by atoms with Crippen molar-refractivity contribution in [2.45, 2.75) is 12.0 Å². The summed E-state index contributed by atoms with van der Waals surface area (Å²) in [5, 5.41) is 3.05. The molecule has 0 aliphatic carbocycles. The summed E-state index contributed by atoms with van der Waals surface area (Å²) in [4.78, 5) is 14.7. The summed E-state index contributed by atoms with van der Waals surface area (Å²) >= 11 is 0. The van der Waals surface area contributed by atoms with Gasteiger partial charge < -0.3 is 20.7 Å². The van der Waals surface area contributed by atoms with Crippen LogP contribution in [0.5, 0.6) is 5.75 Å². The van der Waals surface area contributed by atoms with Gasteiger partial charge >= 0.3 is 0 Å². The van der Waals surface area contributed by atoms with Crippen LogP contribution < -0.4 is 15.8 Å². The van der Waals surface area contributed by atoms with Gasteiger partial charge in [0.1, 0.15) is 5.75 Å². The van der Waals surface area contributed by atoms with Crippen molar-refractivity contribution < 1.29 is 9.53 Å². The number of rotatable bonds is 8. The quantitative estimate of drug-likeness (QED) is 0.772. The van der Waals surface area contributed by atoms with E-state index in [2.05, 4.69) is 10.2 Å². The highest BCUT2D eigenvalue weighted by atomic mass is 16.5. The van der Waals surface area contributed by atoms with E-state index in [0.29, 0.717) is 6.54 Å². The van der Waals surface area contributed by atoms with Crippen LogP contribution in [0.25, 0.3) is 0 Å². The van der Waals surface area contributed by atoms with Crippen LogP contribution in [0.15, 0.2) is 54.6 Å². The first-order valence-electron chi connectivity index (χ1n) is 8.40. The molecule has 3 N–H and O–H groups in total. The monoisotopic (exact) mass is 341 g/mol. The average molecular weight is 341 g/mol. The second-order valence-corrected chi connectivity index (χ2v) is 6.20. The lowest BCUT2D eigenvalue weighted by Crippen LogP contribution is -2.39. The summed E-state index contributed by atoms with van der Waals surface area (Å²) in [6.07, 6.45) is 0. The van der Waals surface area contributed by atoms with Gasteiger partial charge in [0.25, 0.3) is 0 Å². The van der Waals surface area contributed by atoms with Gasteiger partial charge in [-0.3, -0.25) is 4.79 Å². The molecule has 0 saturated heterocycles. The zero-order valence-corrected chi connectivity index (χ0v) is 15.1. The van der Waals surface area contributed by atoms with E-state index in [1.807, 2.05) is 68.7 Å². The molecule has 0 saturated carbocycles. The van der Waals surface area contributed by atoms with Crippen molar-refractivity contribution in [3.05, 3.63) is 65.7 Å². The second kappa shape index (κ2) is 9.20. The van der Waals surface area contributed by atoms with Crippen LogP contribution in [0.1, 0.15) is 23.1 Å². The number of likely N-dealkylation sites (N-methyl/N-ethyl adjacent to an activating group) is 1. The molecule has 5 nitrogen and oxygen atoms in total. The molecule has 134 valence electrons. The third kappa shape index (κ3) is 5.05. The minimum atomic E-state index is -0.339. The number of amides is 1. The van der Waals surface area contributed by atoms with Gasteiger partial charge in [-0.25, -0.2) is 0 Å². The highest BCUT2D eigenvalue weighted by molar-refractivity contribution is 5.83. The predicted molar refractivity (Wildman–Crippen MR) is 101 cm³/mol. The highest BCUT2D eigenvalue weighted by Gasteiger charge is 2.21. The summed E-state index contributed by atoms with van der Waals surface area (Å²) in [6, 6.07) is 17.6. The third-order valence-corrected chi connectivity index (χ3v) is 4.33. The number of methoxy groups -OCH3 is 1. The molecule has 2 rings (SSSR count). The zero-order chi connectivity index (χ0) is 18.2. The van der Waals surface area contributed by atoms with Crippen molar-refractivity contribution in [2.75, 3.05) is 34.3 Å². The van der Waals surface area contributed by atoms with E-state index in [-0.39, 0.29) is 24.4 Å². The minimum absolute atomic E-state index is 0.0493. The van der Waals surface area contributed by atoms with Crippen LogP contribution in [0.3, 0.4) is 0 Å². The zero-order valence-electron chi connectivity index (χ0n) is 15.1. The topological polar surface area (TPSA) is 67.6 Å². The van der Waals surface area contributed by atoms with Crippen molar-refractivity contribution in [1.82, 2.24) is 10.2 Å². The Bertz CT molecular complexity index is 674. The van der Waals surface area contributed by atoms with E-state index in [4.69, 9.17) is 10.5 Å². The molecule has 25 heavy (non-hydrogen) atoms. The van der Waals surface area contributed by atoms with E-state index in [1.165, 1.54) is 0 Å². The normalized spacial score (nSPS) is 13.3. The van der Waals surface area contributed by atoms with Gasteiger partial charge in [-0.2, -0.15) is 0 Å². The van der Waals surface area contributed by atoms with Crippen molar-refractivity contribution in [3.8, 4) is 5.75 Å². The molecular weight excluding hydrogens is 314 g/mol. The van der Waals surface area contributed by atoms with E-state index < -0.39 is 0 Å². The standard InChI is InChI=1S/C20H27N3O2/c1-23(2)19(16-10-7-11-17(12-16)25-3)14-22-20(24)18(13-21)15-8-5-4-6-9-15/h4-12,18-19H,13-14,21H2,1-3H3,(H,22,24). The molecule has 0 aliphatic heterocycles. The number of nitrogens with one attached hydrogen (secondary N) is 1. The fraction of sp³-hybridized carbons (Fsp3) is 0.350. The van der Waals surface area contributed by atoms with E-state index in [9.17, 15) is 4.79 Å². The first kappa shape index (κ1) is 19.0. The smallest absolute Gasteiger partial charge is 0.228 e. The lowest BCUT2D eigenvalue weighted by molar-refractivity contribution is -0.122. The fourth-order valence-electron chi connectivity index (χ4n) is 2.85. The van der Waals surface area contributed by atoms with Crippen LogP contribution in [0.4, 0.5) is 0 Å². The number of carbonyl (C=O) groups is 1. The Labute approximate surface area is 149 Å². The Balaban J connectivity index is 2.08. The van der Waals surface area contributed by atoms with Crippen molar-refractivity contribution in [3.63, 3.8) is 0 Å². The number of benzene rings is 2. The lowest BCUT2D eigenvalue weighted by atomic mass is 9.98. The van der Waals surface area contributed by atoms with Crippen LogP contribution in [-0.4, -0.2) is 45.1 Å². The molecule has 0 heterocycles. The molecule has 5 heteroatoms. The molecule has 1 amide bonds. The molecule has 0 spiro atoms. The molecule has 0 fully saturated rings. The molecule has 2 atom stereocenters. The Morgan fingerprint density at radius 3 is 2.40 bits per heavy atom. The minimum Gasteiger partial charge on any atom is -0.497 e. The van der Waals surface area contributed by atoms with Gasteiger partial charge in [0.2, 0.25) is 5.91 Å². The first-order chi connectivity index (χ1) is 12.1. The molecule has 0 aromatic heterocycles. The maximum absolute atomic E-state index is 12.6. The van der Waals surface area contributed by atoms with Crippen molar-refractivity contribution in [2.24, 2.45) is 5.73 Å². The SMILES string of the molecule is COc1cccc(C(CNC(=O)C(CN)c2ccccc2)N(C)C)c1. The Hall–Kier alpha value is -2.37. The summed E-state index contributed by atoms with van der Waals surface area (Å²) < 4.78 is 5.30. The Morgan fingerprint density at radius 2 is 1.80 bits per heavy atom. The number of hydrogen-bond acceptors (Lipinski definition) is 4. The van der Waals surface area contributed by atoms with Gasteiger partial charge in [-0.15, -0.1) is 0 Å². The number of carbonyl (C=O) groups excluding carboxylic acids is 1. The van der Waals surface area contributed by atoms with Gasteiger partial charge in [0.15, 0.2) is 0 Å². The van der Waals surface area contributed by atoms with E-state index >= 15 is 0 Å². The van der Waals surface area contributed by atoms with Crippen LogP contribution in [0.2, 0.25) is 0 Å².